The van der Waals surface area contributed by atoms with Crippen LogP contribution in [0.15, 0.2) is 230 Å². The van der Waals surface area contributed by atoms with Gasteiger partial charge in [-0.25, -0.2) is 4.98 Å². The third kappa shape index (κ3) is 5.31. The number of benzene rings is 9. The summed E-state index contributed by atoms with van der Waals surface area (Å²) >= 11 is 0. The van der Waals surface area contributed by atoms with Crippen molar-refractivity contribution in [1.82, 2.24) is 19.5 Å². The Morgan fingerprint density at radius 1 is 0.406 bits per heavy atom. The van der Waals surface area contributed by atoms with Crippen molar-refractivity contribution in [1.29, 1.82) is 0 Å². The number of fused-ring (bicyclic) bond motifs is 3. The van der Waals surface area contributed by atoms with Gasteiger partial charge in [0, 0.05) is 33.7 Å². The third-order valence-electron chi connectivity index (χ3n) is 13.5. The molecule has 5 heteroatoms. The maximum atomic E-state index is 9.77. The van der Waals surface area contributed by atoms with Gasteiger partial charge in [0.05, 0.1) is 17.9 Å². The SMILES string of the molecule is [2H]c1c([2H])c([2H])c([Si](c2ccccc2)(c2ccccc2)c2cccc3c2C2c4ccccc4C3c3cccc(-c4nc(-c5ccccc5)nc(-n5c6ccccc6c6ccccc65)n4)c32)c([2H])c1[2H]. The molecule has 2 heterocycles. The Hall–Kier alpha value is -7.99. The fourth-order valence-corrected chi connectivity index (χ4v) is 15.7. The van der Waals surface area contributed by atoms with Crippen molar-refractivity contribution in [3.63, 3.8) is 0 Å². The lowest BCUT2D eigenvalue weighted by Crippen LogP contribution is -2.75. The summed E-state index contributed by atoms with van der Waals surface area (Å²) in [5, 5.41) is 5.38. The zero-order valence-corrected chi connectivity index (χ0v) is 35.5. The van der Waals surface area contributed by atoms with E-state index >= 15 is 0 Å². The molecule has 2 bridgehead atoms. The first-order valence-corrected chi connectivity index (χ1v) is 23.7. The summed E-state index contributed by atoms with van der Waals surface area (Å²) in [6, 6.07) is 67.3. The van der Waals surface area contributed by atoms with Crippen molar-refractivity contribution >= 4 is 50.6 Å². The third-order valence-corrected chi connectivity index (χ3v) is 18.1. The zero-order valence-electron chi connectivity index (χ0n) is 39.5. The molecule has 0 spiro atoms. The summed E-state index contributed by atoms with van der Waals surface area (Å²) < 4.78 is 48.7. The smallest absolute Gasteiger partial charge is 0.238 e. The molecule has 2 unspecified atom stereocenters. The minimum Gasteiger partial charge on any atom is -0.278 e. The van der Waals surface area contributed by atoms with E-state index in [1.54, 1.807) is 0 Å². The zero-order chi connectivity index (χ0) is 46.5. The van der Waals surface area contributed by atoms with Crippen LogP contribution in [0.3, 0.4) is 0 Å². The summed E-state index contributed by atoms with van der Waals surface area (Å²) in [6.07, 6.45) is 0. The second-order valence-electron chi connectivity index (χ2n) is 16.6. The first-order valence-electron chi connectivity index (χ1n) is 24.2. The van der Waals surface area contributed by atoms with Crippen molar-refractivity contribution in [3.05, 3.63) is 264 Å². The molecule has 2 aromatic heterocycles. The average molecular weight is 838 g/mol. The largest absolute Gasteiger partial charge is 0.278 e. The van der Waals surface area contributed by atoms with E-state index in [-0.39, 0.29) is 36.0 Å². The molecular weight excluding hydrogens is 793 g/mol. The van der Waals surface area contributed by atoms with Gasteiger partial charge in [-0.3, -0.25) is 4.57 Å². The lowest BCUT2D eigenvalue weighted by atomic mass is 9.60. The molecule has 3 aliphatic carbocycles. The van der Waals surface area contributed by atoms with Gasteiger partial charge >= 0.3 is 0 Å². The van der Waals surface area contributed by atoms with E-state index in [1.165, 1.54) is 5.56 Å². The quantitative estimate of drug-likeness (QED) is 0.119. The number of hydrogen-bond donors (Lipinski definition) is 0. The van der Waals surface area contributed by atoms with Gasteiger partial charge in [0.2, 0.25) is 5.95 Å². The second-order valence-corrected chi connectivity index (χ2v) is 20.3. The fourth-order valence-electron chi connectivity index (χ4n) is 11.0. The summed E-state index contributed by atoms with van der Waals surface area (Å²) in [5.74, 6) is 1.08. The van der Waals surface area contributed by atoms with Crippen LogP contribution in [-0.4, -0.2) is 27.6 Å². The highest BCUT2D eigenvalue weighted by Gasteiger charge is 2.49. The molecule has 9 aromatic carbocycles. The first-order chi connectivity index (χ1) is 33.9. The molecule has 0 aliphatic heterocycles. The van der Waals surface area contributed by atoms with Gasteiger partial charge in [0.25, 0.3) is 0 Å². The van der Waals surface area contributed by atoms with Gasteiger partial charge in [0.1, 0.15) is 0 Å². The molecule has 11 aromatic rings. The minimum atomic E-state index is -3.82. The Balaban J connectivity index is 1.14. The predicted molar refractivity (Wildman–Crippen MR) is 263 cm³/mol. The molecule has 0 saturated heterocycles. The number of aromatic nitrogens is 4. The number of rotatable bonds is 7. The van der Waals surface area contributed by atoms with Crippen molar-refractivity contribution < 1.29 is 6.85 Å². The monoisotopic (exact) mass is 837 g/mol. The van der Waals surface area contributed by atoms with Gasteiger partial charge in [-0.2, -0.15) is 9.97 Å². The van der Waals surface area contributed by atoms with Gasteiger partial charge in [0.15, 0.2) is 19.7 Å². The molecule has 0 saturated carbocycles. The van der Waals surface area contributed by atoms with E-state index in [4.69, 9.17) is 19.1 Å². The Morgan fingerprint density at radius 3 is 1.58 bits per heavy atom. The van der Waals surface area contributed by atoms with Crippen LogP contribution >= 0.6 is 0 Å². The van der Waals surface area contributed by atoms with Crippen LogP contribution < -0.4 is 20.7 Å². The molecule has 2 atom stereocenters. The molecule has 4 nitrogen and oxygen atoms in total. The maximum Gasteiger partial charge on any atom is 0.238 e. The summed E-state index contributed by atoms with van der Waals surface area (Å²) in [5.41, 5.74) is 10.6. The number of nitrogens with zero attached hydrogens (tertiary/aromatic N) is 4. The molecule has 0 amide bonds. The highest BCUT2D eigenvalue weighted by atomic mass is 28.3. The second kappa shape index (κ2) is 14.6. The molecule has 0 N–H and O–H groups in total. The Labute approximate surface area is 379 Å². The van der Waals surface area contributed by atoms with Gasteiger partial charge in [-0.15, -0.1) is 0 Å². The molecule has 300 valence electrons. The van der Waals surface area contributed by atoms with Crippen LogP contribution in [-0.2, 0) is 0 Å². The van der Waals surface area contributed by atoms with Crippen molar-refractivity contribution in [2.45, 2.75) is 11.8 Å². The van der Waals surface area contributed by atoms with Gasteiger partial charge in [-0.1, -0.05) is 218 Å². The number of hydrogen-bond acceptors (Lipinski definition) is 3. The highest BCUT2D eigenvalue weighted by molar-refractivity contribution is 7.20. The molecule has 14 rings (SSSR count). The van der Waals surface area contributed by atoms with Crippen LogP contribution in [0.5, 0.6) is 0 Å². The van der Waals surface area contributed by atoms with E-state index in [2.05, 4.69) is 126 Å². The van der Waals surface area contributed by atoms with Crippen molar-refractivity contribution in [2.24, 2.45) is 0 Å². The van der Waals surface area contributed by atoms with Crippen LogP contribution in [0, 0.1) is 0 Å². The maximum absolute atomic E-state index is 9.77. The van der Waals surface area contributed by atoms with Crippen molar-refractivity contribution in [3.8, 4) is 28.7 Å². The summed E-state index contributed by atoms with van der Waals surface area (Å²) in [4.78, 5) is 16.1. The minimum absolute atomic E-state index is 0.179. The van der Waals surface area contributed by atoms with E-state index in [1.807, 2.05) is 78.9 Å². The lowest BCUT2D eigenvalue weighted by molar-refractivity contribution is 0.758. The molecular formula is C59H40N4Si. The van der Waals surface area contributed by atoms with Gasteiger partial charge in [-0.05, 0) is 66.3 Å². The first kappa shape index (κ1) is 31.8. The molecule has 0 radical (unpaired) electrons. The number of para-hydroxylation sites is 2. The summed E-state index contributed by atoms with van der Waals surface area (Å²) in [7, 11) is -3.82. The lowest BCUT2D eigenvalue weighted by Gasteiger charge is -2.46. The fraction of sp³-hybridized carbons (Fsp3) is 0.0339. The van der Waals surface area contributed by atoms with Crippen LogP contribution in [0.25, 0.3) is 50.5 Å². The van der Waals surface area contributed by atoms with E-state index in [9.17, 15) is 2.74 Å². The predicted octanol–water partition coefficient (Wildman–Crippen LogP) is 10.7. The van der Waals surface area contributed by atoms with E-state index < -0.39 is 14.1 Å². The average Bonchev–Trinajstić information content (AvgIpc) is 3.75. The van der Waals surface area contributed by atoms with Crippen LogP contribution in [0.4, 0.5) is 0 Å². The summed E-state index contributed by atoms with van der Waals surface area (Å²) in [6.45, 7) is 0. The van der Waals surface area contributed by atoms with Crippen LogP contribution in [0.2, 0.25) is 0 Å². The standard InChI is InChI=1S/C59H40N4Si/c1-5-21-39(22-6-1)57-60-58(62-59(61-57)63-50-36-17-15-29-43(50)44-30-16-18-37-51(44)63)49-35-19-33-47-53-45-31-13-14-32-46(45)56(54(47)49)55-48(53)34-20-38-52(55)64(40-23-7-2-8-24-40,41-25-9-3-10-26-41)42-27-11-4-12-28-42/h1-38,53,56H/i2D,7D,8D,23D,24D. The molecule has 0 fully saturated rings. The van der Waals surface area contributed by atoms with Crippen molar-refractivity contribution in [2.75, 3.05) is 0 Å². The Bertz CT molecular complexity index is 3760. The molecule has 64 heavy (non-hydrogen) atoms. The van der Waals surface area contributed by atoms with Crippen LogP contribution in [0.1, 0.15) is 52.1 Å². The Morgan fingerprint density at radius 2 is 0.922 bits per heavy atom. The molecule has 3 aliphatic rings. The Kier molecular flexibility index (Phi) is 7.23. The van der Waals surface area contributed by atoms with Gasteiger partial charge < -0.3 is 0 Å². The topological polar surface area (TPSA) is 43.6 Å². The van der Waals surface area contributed by atoms with E-state index in [0.717, 1.165) is 76.3 Å². The van der Waals surface area contributed by atoms with E-state index in [0.29, 0.717) is 22.8 Å². The normalized spacial score (nSPS) is 16.0. The highest BCUT2D eigenvalue weighted by Crippen LogP contribution is 2.57.